The minimum Gasteiger partial charge on any atom is -0.479 e. The summed E-state index contributed by atoms with van der Waals surface area (Å²) in [5.74, 6) is -1.35. The number of hydrogen-bond donors (Lipinski definition) is 3. The number of ether oxygens (including phenoxy) is 1. The number of benzene rings is 1. The van der Waals surface area contributed by atoms with E-state index in [1.807, 2.05) is 6.07 Å². The molecule has 0 aliphatic rings. The Morgan fingerprint density at radius 2 is 1.73 bits per heavy atom. The molecule has 6 heteroatoms. The predicted octanol–water partition coefficient (Wildman–Crippen LogP) is 2.48. The Balaban J connectivity index is 2.93. The Bertz CT molecular complexity index is 519. The van der Waals surface area contributed by atoms with Crippen LogP contribution in [0.15, 0.2) is 30.3 Å². The molecule has 1 amide bonds. The standard InChI is InChI=1S/C16H23NO5/c1-15(2,3)22-14(20)17-12(10-16(4,21)13(18)19)11-8-6-5-7-9-11/h5-9,12,21H,10H2,1-4H3,(H,17,20)(H,18,19). The van der Waals surface area contributed by atoms with Gasteiger partial charge in [0.15, 0.2) is 5.60 Å². The highest BCUT2D eigenvalue weighted by molar-refractivity contribution is 5.77. The summed E-state index contributed by atoms with van der Waals surface area (Å²) in [4.78, 5) is 23.0. The van der Waals surface area contributed by atoms with Crippen molar-refractivity contribution in [3.8, 4) is 0 Å². The molecule has 0 radical (unpaired) electrons. The third kappa shape index (κ3) is 5.73. The van der Waals surface area contributed by atoms with E-state index in [4.69, 9.17) is 9.84 Å². The van der Waals surface area contributed by atoms with Gasteiger partial charge in [-0.25, -0.2) is 9.59 Å². The van der Waals surface area contributed by atoms with Gasteiger partial charge in [0.25, 0.3) is 0 Å². The predicted molar refractivity (Wildman–Crippen MR) is 81.4 cm³/mol. The van der Waals surface area contributed by atoms with Crippen molar-refractivity contribution in [3.63, 3.8) is 0 Å². The normalized spacial score (nSPS) is 15.5. The number of carbonyl (C=O) groups excluding carboxylic acids is 1. The van der Waals surface area contributed by atoms with Crippen molar-refractivity contribution in [1.82, 2.24) is 5.32 Å². The van der Waals surface area contributed by atoms with Crippen LogP contribution in [0.2, 0.25) is 0 Å². The van der Waals surface area contributed by atoms with Crippen LogP contribution < -0.4 is 5.32 Å². The number of aliphatic hydroxyl groups is 1. The van der Waals surface area contributed by atoms with E-state index in [0.29, 0.717) is 5.56 Å². The van der Waals surface area contributed by atoms with Crippen LogP contribution in [0.5, 0.6) is 0 Å². The number of carboxylic acids is 1. The van der Waals surface area contributed by atoms with Gasteiger partial charge in [0.2, 0.25) is 0 Å². The number of rotatable bonds is 5. The van der Waals surface area contributed by atoms with E-state index in [-0.39, 0.29) is 6.42 Å². The first-order valence-electron chi connectivity index (χ1n) is 7.01. The summed E-state index contributed by atoms with van der Waals surface area (Å²) in [7, 11) is 0. The van der Waals surface area contributed by atoms with Crippen LogP contribution in [-0.2, 0) is 9.53 Å². The number of amides is 1. The van der Waals surface area contributed by atoms with E-state index in [1.165, 1.54) is 6.92 Å². The van der Waals surface area contributed by atoms with Crippen LogP contribution in [0, 0.1) is 0 Å². The molecule has 0 aromatic heterocycles. The van der Waals surface area contributed by atoms with Gasteiger partial charge in [-0.3, -0.25) is 0 Å². The summed E-state index contributed by atoms with van der Waals surface area (Å²) in [5, 5.41) is 21.7. The van der Waals surface area contributed by atoms with Gasteiger partial charge in [0.1, 0.15) is 5.60 Å². The smallest absolute Gasteiger partial charge is 0.408 e. The van der Waals surface area contributed by atoms with Gasteiger partial charge in [-0.1, -0.05) is 30.3 Å². The average Bonchev–Trinajstić information content (AvgIpc) is 2.36. The first-order valence-corrected chi connectivity index (χ1v) is 7.01. The molecule has 1 rings (SSSR count). The molecule has 0 bridgehead atoms. The molecule has 3 N–H and O–H groups in total. The molecule has 1 aromatic rings. The zero-order chi connectivity index (χ0) is 17.0. The minimum absolute atomic E-state index is 0.175. The van der Waals surface area contributed by atoms with Gasteiger partial charge in [-0.2, -0.15) is 0 Å². The number of nitrogens with one attached hydrogen (secondary N) is 1. The maximum atomic E-state index is 11.9. The van der Waals surface area contributed by atoms with Crippen molar-refractivity contribution in [2.45, 2.75) is 51.4 Å². The van der Waals surface area contributed by atoms with E-state index < -0.39 is 29.3 Å². The van der Waals surface area contributed by atoms with E-state index >= 15 is 0 Å². The topological polar surface area (TPSA) is 95.9 Å². The summed E-state index contributed by atoms with van der Waals surface area (Å²) in [6.45, 7) is 6.40. The van der Waals surface area contributed by atoms with Crippen molar-refractivity contribution in [3.05, 3.63) is 35.9 Å². The molecule has 0 heterocycles. The van der Waals surface area contributed by atoms with Gasteiger partial charge < -0.3 is 20.3 Å². The highest BCUT2D eigenvalue weighted by Crippen LogP contribution is 2.25. The summed E-state index contributed by atoms with van der Waals surface area (Å²) in [6.07, 6.45) is -0.839. The molecule has 2 atom stereocenters. The number of carboxylic acid groups (broad SMARTS) is 1. The lowest BCUT2D eigenvalue weighted by atomic mass is 9.92. The lowest BCUT2D eigenvalue weighted by Gasteiger charge is -2.27. The molecule has 22 heavy (non-hydrogen) atoms. The van der Waals surface area contributed by atoms with Gasteiger partial charge in [-0.05, 0) is 33.3 Å². The zero-order valence-electron chi connectivity index (χ0n) is 13.3. The van der Waals surface area contributed by atoms with Crippen LogP contribution in [0.4, 0.5) is 4.79 Å². The van der Waals surface area contributed by atoms with Gasteiger partial charge in [0.05, 0.1) is 6.04 Å². The number of hydrogen-bond acceptors (Lipinski definition) is 4. The van der Waals surface area contributed by atoms with Gasteiger partial charge in [0, 0.05) is 6.42 Å². The maximum absolute atomic E-state index is 11.9. The van der Waals surface area contributed by atoms with Crippen molar-refractivity contribution in [2.75, 3.05) is 0 Å². The second-order valence-corrected chi connectivity index (χ2v) is 6.39. The molecule has 0 saturated carbocycles. The highest BCUT2D eigenvalue weighted by Gasteiger charge is 2.35. The monoisotopic (exact) mass is 309 g/mol. The Morgan fingerprint density at radius 1 is 1.18 bits per heavy atom. The molecule has 122 valence electrons. The fraction of sp³-hybridized carbons (Fsp3) is 0.500. The first-order chi connectivity index (χ1) is 10.0. The quantitative estimate of drug-likeness (QED) is 0.776. The second-order valence-electron chi connectivity index (χ2n) is 6.39. The summed E-state index contributed by atoms with van der Waals surface area (Å²) < 4.78 is 5.19. The Hall–Kier alpha value is -2.08. The molecular weight excluding hydrogens is 286 g/mol. The van der Waals surface area contributed by atoms with Gasteiger partial charge in [-0.15, -0.1) is 0 Å². The Kier molecular flexibility index (Phi) is 5.54. The van der Waals surface area contributed by atoms with Crippen molar-refractivity contribution in [1.29, 1.82) is 0 Å². The maximum Gasteiger partial charge on any atom is 0.408 e. The fourth-order valence-electron chi connectivity index (χ4n) is 1.87. The highest BCUT2D eigenvalue weighted by atomic mass is 16.6. The average molecular weight is 309 g/mol. The lowest BCUT2D eigenvalue weighted by molar-refractivity contribution is -0.157. The molecule has 2 unspecified atom stereocenters. The van der Waals surface area contributed by atoms with E-state index in [1.54, 1.807) is 45.0 Å². The second kappa shape index (κ2) is 6.79. The van der Waals surface area contributed by atoms with Crippen molar-refractivity contribution < 1.29 is 24.5 Å². The number of aliphatic carboxylic acids is 1. The van der Waals surface area contributed by atoms with Crippen molar-refractivity contribution in [2.24, 2.45) is 0 Å². The van der Waals surface area contributed by atoms with E-state index in [9.17, 15) is 14.7 Å². The minimum atomic E-state index is -1.96. The zero-order valence-corrected chi connectivity index (χ0v) is 13.3. The molecule has 6 nitrogen and oxygen atoms in total. The fourth-order valence-corrected chi connectivity index (χ4v) is 1.87. The van der Waals surface area contributed by atoms with E-state index in [0.717, 1.165) is 0 Å². The number of carbonyl (C=O) groups is 2. The van der Waals surface area contributed by atoms with Crippen LogP contribution in [0.1, 0.15) is 45.7 Å². The third-order valence-corrected chi connectivity index (χ3v) is 2.96. The van der Waals surface area contributed by atoms with Crippen LogP contribution in [-0.4, -0.2) is 33.5 Å². The molecule has 0 aliphatic heterocycles. The van der Waals surface area contributed by atoms with Crippen LogP contribution >= 0.6 is 0 Å². The van der Waals surface area contributed by atoms with Crippen LogP contribution in [0.3, 0.4) is 0 Å². The lowest BCUT2D eigenvalue weighted by Crippen LogP contribution is -2.42. The van der Waals surface area contributed by atoms with Gasteiger partial charge >= 0.3 is 12.1 Å². The molecule has 0 saturated heterocycles. The number of alkyl carbamates (subject to hydrolysis) is 1. The van der Waals surface area contributed by atoms with Crippen molar-refractivity contribution >= 4 is 12.1 Å². The largest absolute Gasteiger partial charge is 0.479 e. The SMILES string of the molecule is CC(C)(C)OC(=O)NC(CC(C)(O)C(=O)O)c1ccccc1. The molecule has 1 aromatic carbocycles. The summed E-state index contributed by atoms with van der Waals surface area (Å²) in [5.41, 5.74) is -1.94. The molecular formula is C16H23NO5. The summed E-state index contributed by atoms with van der Waals surface area (Å²) >= 11 is 0. The first kappa shape index (κ1) is 18.0. The Labute approximate surface area is 130 Å². The Morgan fingerprint density at radius 3 is 2.18 bits per heavy atom. The van der Waals surface area contributed by atoms with E-state index in [2.05, 4.69) is 5.32 Å². The molecule has 0 fully saturated rings. The summed E-state index contributed by atoms with van der Waals surface area (Å²) in [6, 6.07) is 8.18. The van der Waals surface area contributed by atoms with Crippen LogP contribution in [0.25, 0.3) is 0 Å². The third-order valence-electron chi connectivity index (χ3n) is 2.96. The molecule has 0 aliphatic carbocycles. The molecule has 0 spiro atoms.